The second kappa shape index (κ2) is 7.03. The van der Waals surface area contributed by atoms with E-state index in [1.54, 1.807) is 42.9 Å². The van der Waals surface area contributed by atoms with Gasteiger partial charge < -0.3 is 4.52 Å². The molecular weight excluding hydrogens is 411 g/mol. The molecule has 0 bridgehead atoms. The van der Waals surface area contributed by atoms with Gasteiger partial charge in [0, 0.05) is 13.0 Å². The Balaban J connectivity index is 1.50. The zero-order valence-electron chi connectivity index (χ0n) is 16.8. The van der Waals surface area contributed by atoms with Gasteiger partial charge in [0.1, 0.15) is 5.82 Å². The van der Waals surface area contributed by atoms with Gasteiger partial charge in [-0.05, 0) is 31.4 Å². The van der Waals surface area contributed by atoms with Crippen molar-refractivity contribution < 1.29 is 17.7 Å². The van der Waals surface area contributed by atoms with Crippen LogP contribution in [0.25, 0.3) is 17.1 Å². The first-order valence-electron chi connectivity index (χ1n) is 9.75. The van der Waals surface area contributed by atoms with Crippen LogP contribution in [0.2, 0.25) is 0 Å². The van der Waals surface area contributed by atoms with E-state index < -0.39 is 11.9 Å². The van der Waals surface area contributed by atoms with E-state index in [-0.39, 0.29) is 23.7 Å². The Morgan fingerprint density at radius 1 is 1.16 bits per heavy atom. The Morgan fingerprint density at radius 2 is 1.94 bits per heavy atom. The summed E-state index contributed by atoms with van der Waals surface area (Å²) in [4.78, 5) is 8.67. The second-order valence-electron chi connectivity index (χ2n) is 7.58. The Morgan fingerprint density at radius 3 is 2.65 bits per heavy atom. The molecule has 3 heterocycles. The van der Waals surface area contributed by atoms with Crippen LogP contribution in [0, 0.1) is 6.92 Å². The number of aromatic nitrogens is 7. The molecule has 5 rings (SSSR count). The van der Waals surface area contributed by atoms with Crippen LogP contribution in [-0.4, -0.2) is 34.7 Å². The second-order valence-corrected chi connectivity index (χ2v) is 7.58. The van der Waals surface area contributed by atoms with Gasteiger partial charge in [0.15, 0.2) is 17.3 Å². The number of benzene rings is 1. The lowest BCUT2D eigenvalue weighted by Gasteiger charge is -2.13. The minimum Gasteiger partial charge on any atom is -0.334 e. The van der Waals surface area contributed by atoms with Crippen LogP contribution in [0.15, 0.2) is 35.0 Å². The monoisotopic (exact) mass is 429 g/mol. The summed E-state index contributed by atoms with van der Waals surface area (Å²) in [6.07, 6.45) is -1.24. The minimum absolute atomic E-state index is 0.201. The largest absolute Gasteiger partial charge is 0.434 e. The van der Waals surface area contributed by atoms with Crippen LogP contribution in [0.3, 0.4) is 0 Å². The molecule has 0 unspecified atom stereocenters. The zero-order valence-corrected chi connectivity index (χ0v) is 16.8. The molecule has 3 aromatic heterocycles. The summed E-state index contributed by atoms with van der Waals surface area (Å²) in [6.45, 7) is 1.72. The third-order valence-corrected chi connectivity index (χ3v) is 5.21. The van der Waals surface area contributed by atoms with E-state index in [0.717, 1.165) is 29.5 Å². The van der Waals surface area contributed by atoms with E-state index in [9.17, 15) is 13.2 Å². The molecule has 0 saturated heterocycles. The van der Waals surface area contributed by atoms with E-state index in [1.807, 2.05) is 0 Å². The number of alkyl halides is 3. The number of halogens is 3. The molecule has 0 atom stereocenters. The Hall–Kier alpha value is -3.50. The van der Waals surface area contributed by atoms with Crippen molar-refractivity contribution in [3.8, 4) is 17.1 Å². The molecule has 1 aliphatic rings. The lowest BCUT2D eigenvalue weighted by molar-refractivity contribution is -0.142. The molecule has 0 amide bonds. The highest BCUT2D eigenvalue weighted by atomic mass is 19.4. The van der Waals surface area contributed by atoms with Gasteiger partial charge in [0.25, 0.3) is 5.89 Å². The fourth-order valence-corrected chi connectivity index (χ4v) is 3.44. The molecule has 4 aromatic rings. The number of rotatable bonds is 5. The Kier molecular flexibility index (Phi) is 4.42. The predicted octanol–water partition coefficient (Wildman–Crippen LogP) is 3.85. The number of nitrogens with zero attached hydrogens (tertiary/aromatic N) is 7. The van der Waals surface area contributed by atoms with Crippen molar-refractivity contribution in [3.05, 3.63) is 59.2 Å². The fourth-order valence-electron chi connectivity index (χ4n) is 3.44. The van der Waals surface area contributed by atoms with Gasteiger partial charge in [-0.25, -0.2) is 9.67 Å². The van der Waals surface area contributed by atoms with Gasteiger partial charge in [0.2, 0.25) is 0 Å². The Labute approximate surface area is 174 Å². The van der Waals surface area contributed by atoms with Gasteiger partial charge in [-0.3, -0.25) is 4.68 Å². The summed E-state index contributed by atoms with van der Waals surface area (Å²) >= 11 is 0. The SMILES string of the molecule is Cc1ccccc1-n1ncc(-c2nc(Cc3nc(C4CC4)nn3C)no2)c1C(F)(F)F. The minimum atomic E-state index is -4.68. The first kappa shape index (κ1) is 19.5. The first-order chi connectivity index (χ1) is 14.8. The molecule has 8 nitrogen and oxygen atoms in total. The van der Waals surface area contributed by atoms with Crippen molar-refractivity contribution in [1.82, 2.24) is 34.7 Å². The topological polar surface area (TPSA) is 87.5 Å². The summed E-state index contributed by atoms with van der Waals surface area (Å²) in [5.74, 6) is 1.78. The van der Waals surface area contributed by atoms with Crippen LogP contribution in [0.1, 0.15) is 47.5 Å². The fraction of sp³-hybridized carbons (Fsp3) is 0.350. The number of hydrogen-bond acceptors (Lipinski definition) is 6. The molecule has 0 radical (unpaired) electrons. The van der Waals surface area contributed by atoms with Gasteiger partial charge >= 0.3 is 6.18 Å². The molecule has 31 heavy (non-hydrogen) atoms. The van der Waals surface area contributed by atoms with E-state index in [2.05, 4.69) is 25.3 Å². The van der Waals surface area contributed by atoms with E-state index in [4.69, 9.17) is 4.52 Å². The van der Waals surface area contributed by atoms with Crippen LogP contribution in [0.5, 0.6) is 0 Å². The summed E-state index contributed by atoms with van der Waals surface area (Å²) in [5, 5.41) is 12.2. The van der Waals surface area contributed by atoms with Crippen LogP contribution < -0.4 is 0 Å². The average molecular weight is 429 g/mol. The van der Waals surface area contributed by atoms with Gasteiger partial charge in [-0.2, -0.15) is 28.4 Å². The maximum atomic E-state index is 14.0. The van der Waals surface area contributed by atoms with Gasteiger partial charge in [-0.15, -0.1) is 0 Å². The maximum Gasteiger partial charge on any atom is 0.434 e. The third kappa shape index (κ3) is 3.60. The summed E-state index contributed by atoms with van der Waals surface area (Å²) in [5.41, 5.74) is -0.257. The van der Waals surface area contributed by atoms with E-state index in [1.165, 1.54) is 0 Å². The smallest absolute Gasteiger partial charge is 0.334 e. The van der Waals surface area contributed by atoms with Crippen LogP contribution in [-0.2, 0) is 19.6 Å². The summed E-state index contributed by atoms with van der Waals surface area (Å²) < 4.78 is 49.6. The van der Waals surface area contributed by atoms with Crippen molar-refractivity contribution in [1.29, 1.82) is 0 Å². The molecule has 1 saturated carbocycles. The molecule has 0 aliphatic heterocycles. The molecule has 1 aliphatic carbocycles. The third-order valence-electron chi connectivity index (χ3n) is 5.21. The van der Waals surface area contributed by atoms with Crippen molar-refractivity contribution in [3.63, 3.8) is 0 Å². The van der Waals surface area contributed by atoms with Crippen molar-refractivity contribution in [2.75, 3.05) is 0 Å². The number of hydrogen-bond donors (Lipinski definition) is 0. The summed E-state index contributed by atoms with van der Waals surface area (Å²) in [7, 11) is 1.77. The highest BCUT2D eigenvalue weighted by molar-refractivity contribution is 5.59. The number of para-hydroxylation sites is 1. The zero-order chi connectivity index (χ0) is 21.8. The summed E-state index contributed by atoms with van der Waals surface area (Å²) in [6, 6.07) is 6.71. The van der Waals surface area contributed by atoms with Crippen LogP contribution >= 0.6 is 0 Å². The predicted molar refractivity (Wildman–Crippen MR) is 102 cm³/mol. The molecule has 1 aromatic carbocycles. The molecule has 0 spiro atoms. The highest BCUT2D eigenvalue weighted by Gasteiger charge is 2.40. The molecule has 1 fully saturated rings. The van der Waals surface area contributed by atoms with Crippen LogP contribution in [0.4, 0.5) is 13.2 Å². The molecule has 11 heteroatoms. The number of aryl methyl sites for hydroxylation is 2. The lowest BCUT2D eigenvalue weighted by Crippen LogP contribution is -2.15. The van der Waals surface area contributed by atoms with Crippen molar-refractivity contribution >= 4 is 0 Å². The van der Waals surface area contributed by atoms with Gasteiger partial charge in [-0.1, -0.05) is 23.4 Å². The van der Waals surface area contributed by atoms with Crippen molar-refractivity contribution in [2.45, 2.75) is 38.3 Å². The van der Waals surface area contributed by atoms with Crippen molar-refractivity contribution in [2.24, 2.45) is 7.05 Å². The Bertz CT molecular complexity index is 1250. The maximum absolute atomic E-state index is 14.0. The first-order valence-corrected chi connectivity index (χ1v) is 9.75. The normalized spacial score (nSPS) is 14.4. The van der Waals surface area contributed by atoms with Gasteiger partial charge in [0.05, 0.1) is 23.9 Å². The van der Waals surface area contributed by atoms with E-state index in [0.29, 0.717) is 23.0 Å². The molecule has 160 valence electrons. The standard InChI is InChI=1S/C20H18F3N7O/c1-11-5-3-4-6-14(11)30-17(20(21,22)23)13(10-24-30)19-25-15(28-31-19)9-16-26-18(12-7-8-12)27-29(16)2/h3-6,10,12H,7-9H2,1-2H3. The van der Waals surface area contributed by atoms with E-state index >= 15 is 0 Å². The average Bonchev–Trinajstić information content (AvgIpc) is 3.12. The quantitative estimate of drug-likeness (QED) is 0.479. The lowest BCUT2D eigenvalue weighted by atomic mass is 10.2. The highest BCUT2D eigenvalue weighted by Crippen LogP contribution is 2.39. The molecule has 0 N–H and O–H groups in total. The molecular formula is C20H18F3N7O.